The topological polar surface area (TPSA) is 242 Å². The predicted molar refractivity (Wildman–Crippen MR) is 304 cm³/mol. The summed E-state index contributed by atoms with van der Waals surface area (Å²) < 4.78 is 0. The number of amides is 3. The van der Waals surface area contributed by atoms with Crippen LogP contribution in [-0.2, 0) is 19.2 Å². The summed E-state index contributed by atoms with van der Waals surface area (Å²) >= 11 is 0. The van der Waals surface area contributed by atoms with Crippen LogP contribution in [0, 0.1) is 13.8 Å². The summed E-state index contributed by atoms with van der Waals surface area (Å²) in [5, 5.41) is 20.2. The molecule has 6 aromatic rings. The Morgan fingerprint density at radius 2 is 1.30 bits per heavy atom. The molecule has 3 amide bonds. The van der Waals surface area contributed by atoms with Crippen molar-refractivity contribution < 1.29 is 33.9 Å². The zero-order chi connectivity index (χ0) is 54.7. The fourth-order valence-corrected chi connectivity index (χ4v) is 17.1. The summed E-state index contributed by atoms with van der Waals surface area (Å²) in [6, 6.07) is 35.9. The first-order valence-electron chi connectivity index (χ1n) is 26.9. The van der Waals surface area contributed by atoms with Gasteiger partial charge in [0.15, 0.2) is 11.6 Å². The van der Waals surface area contributed by atoms with Gasteiger partial charge in [0.2, 0.25) is 0 Å². The average Bonchev–Trinajstić information content (AvgIpc) is 4.25. The number of Topliss-reactive ketones (excluding diaryl/α,β-unsaturated/α-hetero) is 2. The molecule has 77 heavy (non-hydrogen) atoms. The molecule has 1 aliphatic carbocycles. The van der Waals surface area contributed by atoms with E-state index in [1.165, 1.54) is 15.9 Å². The third-order valence-corrected chi connectivity index (χ3v) is 21.4. The first-order chi connectivity index (χ1) is 37.1. The number of carboxylic acid groups (broad SMARTS) is 1. The number of benzene rings is 3. The Balaban J connectivity index is 0.919. The number of fused-ring (bicyclic) bond motifs is 8. The maximum absolute atomic E-state index is 14.3. The van der Waals surface area contributed by atoms with E-state index in [0.717, 1.165) is 23.4 Å². The summed E-state index contributed by atoms with van der Waals surface area (Å²) in [7, 11) is -2.71. The van der Waals surface area contributed by atoms with E-state index in [-0.39, 0.29) is 48.2 Å². The van der Waals surface area contributed by atoms with Crippen molar-refractivity contribution in [1.82, 2.24) is 36.0 Å². The van der Waals surface area contributed by atoms with Crippen LogP contribution in [0.2, 0.25) is 0 Å². The van der Waals surface area contributed by atoms with E-state index in [9.17, 15) is 33.9 Å². The van der Waals surface area contributed by atoms with Crippen molar-refractivity contribution in [2.75, 3.05) is 12.7 Å². The summed E-state index contributed by atoms with van der Waals surface area (Å²) in [5.74, 6) is 0.546. The van der Waals surface area contributed by atoms with Gasteiger partial charge in [-0.05, 0) is 62.9 Å². The number of nitrogens with one attached hydrogen (secondary N) is 5. The second kappa shape index (κ2) is 22.9. The molecule has 400 valence electrons. The molecule has 0 fully saturated rings. The molecule has 0 saturated carbocycles. The molecule has 0 radical (unpaired) electrons. The molecule has 5 heterocycles. The van der Waals surface area contributed by atoms with Crippen molar-refractivity contribution in [3.8, 4) is 0 Å². The third kappa shape index (κ3) is 10.5. The summed E-state index contributed by atoms with van der Waals surface area (Å²) in [4.78, 5) is 98.6. The van der Waals surface area contributed by atoms with Crippen LogP contribution in [0.5, 0.6) is 0 Å². The van der Waals surface area contributed by atoms with E-state index in [1.807, 2.05) is 93.6 Å². The standard InChI is InChI=1S/C61H69N8O7P/c1-7-42-34(2)45-33-50-53(38(6)70)36(4)47(65-50)31-46-35(3)43(57(67-46)55-56(61(75)76)59(73)54-37(5)48(68-58(54)55)32-49(42)64-45)26-27-51(71)63-29-18-17-25-44(60(74)69-62)66-52(72)28-30-77(39-19-11-8-12-20-39,40-21-13-9-14-22-40)41-23-15-10-16-24-41/h8-16,19-24,31-35,42-44,56,65,68,77H,7,17-18,25-30,62H2,1-6H3,(H,63,71)(H,66,72)(H,69,74)(H,75,76)/t34-,35+,42-,43+,44+,56?/m1/s1. The van der Waals surface area contributed by atoms with Gasteiger partial charge in [-0.15, -0.1) is 0 Å². The van der Waals surface area contributed by atoms with E-state index in [4.69, 9.17) is 15.8 Å². The molecule has 16 heteroatoms. The van der Waals surface area contributed by atoms with Crippen LogP contribution in [0.3, 0.4) is 0 Å². The monoisotopic (exact) mass is 1060 g/mol. The van der Waals surface area contributed by atoms with E-state index in [2.05, 4.69) is 76.3 Å². The molecular weight excluding hydrogens is 988 g/mol. The number of H-pyrrole nitrogens is 2. The quantitative estimate of drug-likeness (QED) is 0.00778. The summed E-state index contributed by atoms with van der Waals surface area (Å²) in [5.41, 5.74) is 9.87. The number of nitrogens with two attached hydrogens (primary N) is 1. The predicted octanol–water partition coefficient (Wildman–Crippen LogP) is 8.34. The van der Waals surface area contributed by atoms with Gasteiger partial charge in [-0.2, -0.15) is 0 Å². The molecule has 15 nitrogen and oxygen atoms in total. The number of rotatable bonds is 19. The number of aliphatic carboxylic acids is 1. The molecule has 3 aliphatic rings. The molecular formula is C61H69N8O7P. The SMILES string of the molecule is CC[C@H]1c2cc3[nH]c4c(c3C)C(=O)C(C(=O)O)c4c3nc(cc4[nH]c(cc(n2)[C@@H]1C)c(C(C)=O)c4C)[C@@H](C)[C@@H]3CCC(=O)NCCCC[C@H](NC(=O)CC[PH](c1ccccc1)(c1ccccc1)c1ccccc1)C(=O)NN. The van der Waals surface area contributed by atoms with Crippen LogP contribution in [0.4, 0.5) is 0 Å². The molecule has 9 rings (SSSR count). The minimum absolute atomic E-state index is 0.0380. The van der Waals surface area contributed by atoms with Crippen molar-refractivity contribution in [1.29, 1.82) is 0 Å². The van der Waals surface area contributed by atoms with Crippen molar-refractivity contribution in [3.63, 3.8) is 0 Å². The second-order valence-electron chi connectivity index (χ2n) is 21.0. The number of hydrogen-bond acceptors (Lipinski definition) is 9. The van der Waals surface area contributed by atoms with E-state index in [0.29, 0.717) is 94.1 Å². The number of unbranched alkanes of at least 4 members (excludes halogenated alkanes) is 1. The van der Waals surface area contributed by atoms with Crippen molar-refractivity contribution in [3.05, 3.63) is 160 Å². The maximum atomic E-state index is 14.3. The van der Waals surface area contributed by atoms with Crippen LogP contribution in [0.15, 0.2) is 109 Å². The fourth-order valence-electron chi connectivity index (χ4n) is 12.3. The van der Waals surface area contributed by atoms with Crippen LogP contribution in [0.25, 0.3) is 22.1 Å². The zero-order valence-corrected chi connectivity index (χ0v) is 45.6. The number of aromatic amines is 2. The molecule has 1 unspecified atom stereocenters. The van der Waals surface area contributed by atoms with Crippen molar-refractivity contribution in [2.24, 2.45) is 5.84 Å². The fraction of sp³-hybridized carbons (Fsp3) is 0.344. The number of hydrogen-bond donors (Lipinski definition) is 7. The number of aromatic nitrogens is 4. The van der Waals surface area contributed by atoms with E-state index < -0.39 is 42.8 Å². The number of carboxylic acids is 1. The second-order valence-corrected chi connectivity index (χ2v) is 25.0. The number of carbonyl (C=O) groups excluding carboxylic acids is 5. The van der Waals surface area contributed by atoms with Crippen LogP contribution < -0.4 is 37.8 Å². The molecule has 3 aromatic carbocycles. The Labute approximate surface area is 449 Å². The Morgan fingerprint density at radius 1 is 0.727 bits per heavy atom. The Morgan fingerprint density at radius 3 is 1.88 bits per heavy atom. The van der Waals surface area contributed by atoms with Gasteiger partial charge in [-0.1, -0.05) is 20.8 Å². The molecule has 2 aliphatic heterocycles. The van der Waals surface area contributed by atoms with E-state index >= 15 is 0 Å². The summed E-state index contributed by atoms with van der Waals surface area (Å²) in [6.07, 6.45) is 3.21. The van der Waals surface area contributed by atoms with Gasteiger partial charge in [0.05, 0.1) is 16.7 Å². The normalized spacial score (nSPS) is 18.4. The number of nitrogens with zero attached hydrogens (tertiary/aromatic N) is 2. The first kappa shape index (κ1) is 54.2. The van der Waals surface area contributed by atoms with Gasteiger partial charge in [0.1, 0.15) is 5.92 Å². The zero-order valence-electron chi connectivity index (χ0n) is 44.6. The Kier molecular flexibility index (Phi) is 16.1. The Bertz CT molecular complexity index is 3330. The van der Waals surface area contributed by atoms with Crippen molar-refractivity contribution in [2.45, 2.75) is 122 Å². The van der Waals surface area contributed by atoms with E-state index in [1.54, 1.807) is 6.92 Å². The summed E-state index contributed by atoms with van der Waals surface area (Å²) in [6.45, 7) is 11.8. The molecule has 8 bridgehead atoms. The van der Waals surface area contributed by atoms with Gasteiger partial charge < -0.3 is 15.1 Å². The Hall–Kier alpha value is -7.61. The van der Waals surface area contributed by atoms with Gasteiger partial charge in [-0.3, -0.25) is 24.4 Å². The van der Waals surface area contributed by atoms with Crippen LogP contribution in [-0.4, -0.2) is 79.0 Å². The third-order valence-electron chi connectivity index (χ3n) is 16.5. The minimum atomic E-state index is -2.71. The van der Waals surface area contributed by atoms with Crippen LogP contribution in [0.1, 0.15) is 162 Å². The molecule has 6 atom stereocenters. The number of hydrazine groups is 1. The molecule has 0 spiro atoms. The molecule has 3 aromatic heterocycles. The van der Waals surface area contributed by atoms with Gasteiger partial charge >= 0.3 is 225 Å². The average molecular weight is 1060 g/mol. The van der Waals surface area contributed by atoms with Gasteiger partial charge in [0.25, 0.3) is 0 Å². The van der Waals surface area contributed by atoms with Crippen LogP contribution >= 0.6 is 7.26 Å². The number of carbonyl (C=O) groups is 6. The number of aryl methyl sites for hydroxylation is 2. The molecule has 8 N–H and O–H groups in total. The molecule has 0 saturated heterocycles. The van der Waals surface area contributed by atoms with Gasteiger partial charge in [0, 0.05) is 68.5 Å². The van der Waals surface area contributed by atoms with Gasteiger partial charge in [-0.25, -0.2) is 0 Å². The first-order valence-corrected chi connectivity index (χ1v) is 29.1. The van der Waals surface area contributed by atoms with Crippen molar-refractivity contribution >= 4 is 80.5 Å². The number of ketones is 2.